The molecule has 5 heteroatoms. The number of aryl methyl sites for hydroxylation is 1. The van der Waals surface area contributed by atoms with Gasteiger partial charge in [0.05, 0.1) is 12.8 Å². The number of carbonyl (C=O) groups is 1. The lowest BCUT2D eigenvalue weighted by molar-refractivity contribution is 0.102. The number of anilines is 1. The fraction of sp³-hybridized carbons (Fsp3) is 0.200. The first-order valence-corrected chi connectivity index (χ1v) is 6.25. The van der Waals surface area contributed by atoms with Crippen molar-refractivity contribution in [2.24, 2.45) is 5.73 Å². The van der Waals surface area contributed by atoms with Gasteiger partial charge in [-0.15, -0.1) is 0 Å². The van der Waals surface area contributed by atoms with Gasteiger partial charge >= 0.3 is 0 Å². The lowest BCUT2D eigenvalue weighted by atomic mass is 10.1. The molecular weight excluding hydrogens is 254 g/mol. The zero-order valence-corrected chi connectivity index (χ0v) is 11.5. The molecule has 1 aromatic carbocycles. The molecule has 104 valence electrons. The SMILES string of the molecule is COc1cc(CN)ccc1NC(=O)c1ncccc1C. The van der Waals surface area contributed by atoms with Crippen LogP contribution in [0, 0.1) is 6.92 Å². The molecule has 0 fully saturated rings. The van der Waals surface area contributed by atoms with Crippen molar-refractivity contribution in [3.63, 3.8) is 0 Å². The Morgan fingerprint density at radius 1 is 1.40 bits per heavy atom. The molecule has 1 amide bonds. The summed E-state index contributed by atoms with van der Waals surface area (Å²) in [5.41, 5.74) is 8.34. The third-order valence-corrected chi connectivity index (χ3v) is 2.97. The van der Waals surface area contributed by atoms with Gasteiger partial charge in [0.2, 0.25) is 0 Å². The minimum Gasteiger partial charge on any atom is -0.495 e. The number of pyridine rings is 1. The van der Waals surface area contributed by atoms with Crippen molar-refractivity contribution >= 4 is 11.6 Å². The largest absolute Gasteiger partial charge is 0.495 e. The maximum Gasteiger partial charge on any atom is 0.274 e. The second kappa shape index (κ2) is 6.16. The Labute approximate surface area is 117 Å². The van der Waals surface area contributed by atoms with Crippen LogP contribution in [0.25, 0.3) is 0 Å². The number of amides is 1. The number of nitrogens with two attached hydrogens (primary N) is 1. The molecule has 1 heterocycles. The van der Waals surface area contributed by atoms with E-state index in [1.54, 1.807) is 31.5 Å². The van der Waals surface area contributed by atoms with E-state index in [0.717, 1.165) is 11.1 Å². The van der Waals surface area contributed by atoms with Crippen LogP contribution in [0.5, 0.6) is 5.75 Å². The van der Waals surface area contributed by atoms with Gasteiger partial charge in [-0.1, -0.05) is 12.1 Å². The van der Waals surface area contributed by atoms with Crippen LogP contribution in [0.3, 0.4) is 0 Å². The number of aromatic nitrogens is 1. The van der Waals surface area contributed by atoms with Gasteiger partial charge in [0.25, 0.3) is 5.91 Å². The summed E-state index contributed by atoms with van der Waals surface area (Å²) in [5, 5.41) is 2.80. The highest BCUT2D eigenvalue weighted by molar-refractivity contribution is 6.04. The zero-order chi connectivity index (χ0) is 14.5. The van der Waals surface area contributed by atoms with Crippen molar-refractivity contribution in [2.45, 2.75) is 13.5 Å². The minimum atomic E-state index is -0.262. The zero-order valence-electron chi connectivity index (χ0n) is 11.5. The molecule has 0 saturated heterocycles. The van der Waals surface area contributed by atoms with E-state index >= 15 is 0 Å². The Hall–Kier alpha value is -2.40. The molecule has 0 aliphatic heterocycles. The average molecular weight is 271 g/mol. The highest BCUT2D eigenvalue weighted by Crippen LogP contribution is 2.26. The number of nitrogens with zero attached hydrogens (tertiary/aromatic N) is 1. The summed E-state index contributed by atoms with van der Waals surface area (Å²) in [7, 11) is 1.55. The predicted octanol–water partition coefficient (Wildman–Crippen LogP) is 2.11. The summed E-state index contributed by atoms with van der Waals surface area (Å²) in [6.07, 6.45) is 1.59. The van der Waals surface area contributed by atoms with Crippen LogP contribution in [-0.2, 0) is 6.54 Å². The van der Waals surface area contributed by atoms with E-state index in [1.807, 2.05) is 19.1 Å². The number of nitrogens with one attached hydrogen (secondary N) is 1. The van der Waals surface area contributed by atoms with Crippen LogP contribution in [0.15, 0.2) is 36.5 Å². The van der Waals surface area contributed by atoms with Gasteiger partial charge in [0, 0.05) is 12.7 Å². The van der Waals surface area contributed by atoms with Gasteiger partial charge in [0.15, 0.2) is 0 Å². The Balaban J connectivity index is 2.26. The van der Waals surface area contributed by atoms with Crippen LogP contribution in [0.4, 0.5) is 5.69 Å². The summed E-state index contributed by atoms with van der Waals surface area (Å²) in [5.74, 6) is 0.316. The van der Waals surface area contributed by atoms with Crippen LogP contribution in [0.1, 0.15) is 21.6 Å². The molecule has 0 bridgehead atoms. The lowest BCUT2D eigenvalue weighted by Crippen LogP contribution is -2.15. The number of ether oxygens (including phenoxy) is 1. The number of benzene rings is 1. The van der Waals surface area contributed by atoms with Crippen molar-refractivity contribution in [2.75, 3.05) is 12.4 Å². The molecule has 1 aromatic heterocycles. The van der Waals surface area contributed by atoms with Gasteiger partial charge in [-0.05, 0) is 36.2 Å². The first-order chi connectivity index (χ1) is 9.65. The molecule has 0 aliphatic rings. The smallest absolute Gasteiger partial charge is 0.274 e. The van der Waals surface area contributed by atoms with E-state index in [1.165, 1.54) is 0 Å². The average Bonchev–Trinajstić information content (AvgIpc) is 2.48. The molecule has 0 aliphatic carbocycles. The Morgan fingerprint density at radius 3 is 2.85 bits per heavy atom. The molecule has 3 N–H and O–H groups in total. The van der Waals surface area contributed by atoms with Crippen molar-refractivity contribution in [1.29, 1.82) is 0 Å². The quantitative estimate of drug-likeness (QED) is 0.892. The van der Waals surface area contributed by atoms with Crippen molar-refractivity contribution in [3.05, 3.63) is 53.3 Å². The number of hydrogen-bond donors (Lipinski definition) is 2. The van der Waals surface area contributed by atoms with Gasteiger partial charge in [0.1, 0.15) is 11.4 Å². The summed E-state index contributed by atoms with van der Waals surface area (Å²) < 4.78 is 5.26. The molecule has 0 unspecified atom stereocenters. The normalized spacial score (nSPS) is 10.2. The Kier molecular flexibility index (Phi) is 4.32. The second-order valence-corrected chi connectivity index (χ2v) is 4.36. The Bertz CT molecular complexity index is 626. The van der Waals surface area contributed by atoms with Crippen molar-refractivity contribution < 1.29 is 9.53 Å². The standard InChI is InChI=1S/C15H17N3O2/c1-10-4-3-7-17-14(10)15(19)18-12-6-5-11(9-16)8-13(12)20-2/h3-8H,9,16H2,1-2H3,(H,18,19). The fourth-order valence-corrected chi connectivity index (χ4v) is 1.87. The molecule has 0 radical (unpaired) electrons. The van der Waals surface area contributed by atoms with Gasteiger partial charge in [-0.3, -0.25) is 9.78 Å². The third-order valence-electron chi connectivity index (χ3n) is 2.97. The monoisotopic (exact) mass is 271 g/mol. The van der Waals surface area contributed by atoms with E-state index in [4.69, 9.17) is 10.5 Å². The van der Waals surface area contributed by atoms with Gasteiger partial charge in [-0.2, -0.15) is 0 Å². The minimum absolute atomic E-state index is 0.262. The summed E-state index contributed by atoms with van der Waals surface area (Å²) in [6, 6.07) is 9.07. The predicted molar refractivity (Wildman–Crippen MR) is 77.8 cm³/mol. The van der Waals surface area contributed by atoms with E-state index in [2.05, 4.69) is 10.3 Å². The van der Waals surface area contributed by atoms with Crippen molar-refractivity contribution in [3.8, 4) is 5.75 Å². The van der Waals surface area contributed by atoms with Crippen LogP contribution in [0.2, 0.25) is 0 Å². The van der Waals surface area contributed by atoms with E-state index < -0.39 is 0 Å². The highest BCUT2D eigenvalue weighted by Gasteiger charge is 2.13. The molecule has 2 rings (SSSR count). The first kappa shape index (κ1) is 14.0. The molecule has 5 nitrogen and oxygen atoms in total. The van der Waals surface area contributed by atoms with Gasteiger partial charge < -0.3 is 15.8 Å². The molecule has 0 atom stereocenters. The second-order valence-electron chi connectivity index (χ2n) is 4.36. The maximum atomic E-state index is 12.2. The highest BCUT2D eigenvalue weighted by atomic mass is 16.5. The molecule has 2 aromatic rings. The van der Waals surface area contributed by atoms with Crippen LogP contribution < -0.4 is 15.8 Å². The first-order valence-electron chi connectivity index (χ1n) is 6.25. The number of methoxy groups -OCH3 is 1. The molecule has 0 spiro atoms. The Morgan fingerprint density at radius 2 is 2.20 bits per heavy atom. The van der Waals surface area contributed by atoms with Gasteiger partial charge in [-0.25, -0.2) is 0 Å². The topological polar surface area (TPSA) is 77.2 Å². The van der Waals surface area contributed by atoms with Crippen LogP contribution in [-0.4, -0.2) is 18.0 Å². The maximum absolute atomic E-state index is 12.2. The van der Waals surface area contributed by atoms with Crippen LogP contribution >= 0.6 is 0 Å². The van der Waals surface area contributed by atoms with E-state index in [9.17, 15) is 4.79 Å². The third kappa shape index (κ3) is 2.95. The van der Waals surface area contributed by atoms with E-state index in [-0.39, 0.29) is 5.91 Å². The number of hydrogen-bond acceptors (Lipinski definition) is 4. The van der Waals surface area contributed by atoms with E-state index in [0.29, 0.717) is 23.7 Å². The molecular formula is C15H17N3O2. The fourth-order valence-electron chi connectivity index (χ4n) is 1.87. The summed E-state index contributed by atoms with van der Waals surface area (Å²) in [6.45, 7) is 2.26. The lowest BCUT2D eigenvalue weighted by Gasteiger charge is -2.12. The summed E-state index contributed by atoms with van der Waals surface area (Å²) in [4.78, 5) is 16.3. The number of carbonyl (C=O) groups excluding carboxylic acids is 1. The number of rotatable bonds is 4. The summed E-state index contributed by atoms with van der Waals surface area (Å²) >= 11 is 0. The van der Waals surface area contributed by atoms with Crippen molar-refractivity contribution in [1.82, 2.24) is 4.98 Å². The molecule has 20 heavy (non-hydrogen) atoms. The molecule has 0 saturated carbocycles.